The number of anilines is 2. The second-order valence-electron chi connectivity index (χ2n) is 5.13. The van der Waals surface area contributed by atoms with E-state index in [2.05, 4.69) is 10.6 Å². The van der Waals surface area contributed by atoms with Gasteiger partial charge < -0.3 is 21.1 Å². The van der Waals surface area contributed by atoms with Gasteiger partial charge in [-0.3, -0.25) is 9.59 Å². The van der Waals surface area contributed by atoms with Crippen LogP contribution in [0.1, 0.15) is 24.8 Å². The van der Waals surface area contributed by atoms with E-state index in [0.717, 1.165) is 18.4 Å². The van der Waals surface area contributed by atoms with Crippen molar-refractivity contribution in [1.29, 1.82) is 0 Å². The van der Waals surface area contributed by atoms with Crippen molar-refractivity contribution in [2.24, 2.45) is 5.73 Å². The number of nitrogens with two attached hydrogens (primary N) is 1. The third-order valence-corrected chi connectivity index (χ3v) is 3.30. The summed E-state index contributed by atoms with van der Waals surface area (Å²) >= 11 is 0. The highest BCUT2D eigenvalue weighted by Crippen LogP contribution is 2.24. The van der Waals surface area contributed by atoms with E-state index in [9.17, 15) is 9.59 Å². The van der Waals surface area contributed by atoms with Crippen LogP contribution < -0.4 is 16.4 Å². The molecule has 0 bridgehead atoms. The Morgan fingerprint density at radius 1 is 1.33 bits per heavy atom. The zero-order valence-corrected chi connectivity index (χ0v) is 12.1. The molecule has 0 aliphatic carbocycles. The van der Waals surface area contributed by atoms with E-state index in [0.29, 0.717) is 18.0 Å². The highest BCUT2D eigenvalue weighted by molar-refractivity contribution is 6.01. The van der Waals surface area contributed by atoms with Gasteiger partial charge in [0.1, 0.15) is 6.10 Å². The van der Waals surface area contributed by atoms with E-state index in [-0.39, 0.29) is 24.8 Å². The van der Waals surface area contributed by atoms with Gasteiger partial charge >= 0.3 is 0 Å². The van der Waals surface area contributed by atoms with Gasteiger partial charge in [-0.05, 0) is 37.5 Å². The molecule has 0 radical (unpaired) electrons. The Bertz CT molecular complexity index is 525. The average molecular weight is 291 g/mol. The largest absolute Gasteiger partial charge is 0.368 e. The van der Waals surface area contributed by atoms with Gasteiger partial charge in [-0.1, -0.05) is 6.07 Å². The molecule has 1 aromatic carbocycles. The summed E-state index contributed by atoms with van der Waals surface area (Å²) in [6, 6.07) is 5.48. The van der Waals surface area contributed by atoms with Gasteiger partial charge in [-0.15, -0.1) is 0 Å². The van der Waals surface area contributed by atoms with Gasteiger partial charge in [0.2, 0.25) is 5.91 Å². The molecule has 2 rings (SSSR count). The molecule has 1 aliphatic heterocycles. The number of amides is 2. The van der Waals surface area contributed by atoms with Crippen LogP contribution in [0.4, 0.5) is 11.4 Å². The highest BCUT2D eigenvalue weighted by Gasteiger charge is 2.24. The lowest BCUT2D eigenvalue weighted by molar-refractivity contribution is -0.124. The maximum absolute atomic E-state index is 12.1. The summed E-state index contributed by atoms with van der Waals surface area (Å²) in [4.78, 5) is 23.8. The third kappa shape index (κ3) is 4.27. The Balaban J connectivity index is 2.10. The Morgan fingerprint density at radius 3 is 2.81 bits per heavy atom. The lowest BCUT2D eigenvalue weighted by Crippen LogP contribution is -2.27. The molecule has 1 unspecified atom stereocenters. The smallest absolute Gasteiger partial charge is 0.253 e. The van der Waals surface area contributed by atoms with Gasteiger partial charge in [-0.2, -0.15) is 0 Å². The van der Waals surface area contributed by atoms with Crippen LogP contribution in [0.15, 0.2) is 18.2 Å². The van der Waals surface area contributed by atoms with Crippen molar-refractivity contribution in [2.75, 3.05) is 23.8 Å². The second-order valence-corrected chi connectivity index (χ2v) is 5.13. The molecule has 0 saturated carbocycles. The predicted molar refractivity (Wildman–Crippen MR) is 81.1 cm³/mol. The fraction of sp³-hybridized carbons (Fsp3) is 0.467. The van der Waals surface area contributed by atoms with Crippen LogP contribution in [0.2, 0.25) is 0 Å². The van der Waals surface area contributed by atoms with Crippen molar-refractivity contribution in [2.45, 2.75) is 32.3 Å². The predicted octanol–water partition coefficient (Wildman–Crippen LogP) is 1.40. The van der Waals surface area contributed by atoms with Crippen molar-refractivity contribution in [3.63, 3.8) is 0 Å². The lowest BCUT2D eigenvalue weighted by atomic mass is 10.1. The SMILES string of the molecule is Cc1ccc(NC(=O)C2CCCO2)c(NC(=O)CCN)c1. The molecule has 21 heavy (non-hydrogen) atoms. The van der Waals surface area contributed by atoms with Crippen LogP contribution in [0, 0.1) is 6.92 Å². The van der Waals surface area contributed by atoms with Crippen molar-refractivity contribution in [1.82, 2.24) is 0 Å². The number of carbonyl (C=O) groups excluding carboxylic acids is 2. The number of rotatable bonds is 5. The normalized spacial score (nSPS) is 17.5. The molecule has 1 aromatic rings. The summed E-state index contributed by atoms with van der Waals surface area (Å²) < 4.78 is 5.35. The van der Waals surface area contributed by atoms with E-state index in [4.69, 9.17) is 10.5 Å². The average Bonchev–Trinajstić information content (AvgIpc) is 2.96. The Kier molecular flexibility index (Phi) is 5.30. The van der Waals surface area contributed by atoms with Crippen molar-refractivity contribution >= 4 is 23.2 Å². The van der Waals surface area contributed by atoms with Gasteiger partial charge in [0.25, 0.3) is 5.91 Å². The highest BCUT2D eigenvalue weighted by atomic mass is 16.5. The third-order valence-electron chi connectivity index (χ3n) is 3.30. The first kappa shape index (κ1) is 15.5. The monoisotopic (exact) mass is 291 g/mol. The molecule has 0 spiro atoms. The van der Waals surface area contributed by atoms with E-state index in [1.54, 1.807) is 6.07 Å². The summed E-state index contributed by atoms with van der Waals surface area (Å²) in [6.45, 7) is 2.83. The first-order chi connectivity index (χ1) is 10.1. The minimum absolute atomic E-state index is 0.171. The molecule has 1 saturated heterocycles. The van der Waals surface area contributed by atoms with Crippen LogP contribution >= 0.6 is 0 Å². The zero-order valence-electron chi connectivity index (χ0n) is 12.1. The summed E-state index contributed by atoms with van der Waals surface area (Å²) in [5, 5.41) is 5.59. The Morgan fingerprint density at radius 2 is 2.14 bits per heavy atom. The number of nitrogens with one attached hydrogen (secondary N) is 2. The molecule has 4 N–H and O–H groups in total. The molecular formula is C15H21N3O3. The van der Waals surface area contributed by atoms with Gasteiger partial charge in [-0.25, -0.2) is 0 Å². The molecule has 1 heterocycles. The molecule has 6 nitrogen and oxygen atoms in total. The van der Waals surface area contributed by atoms with Crippen LogP contribution in [0.25, 0.3) is 0 Å². The minimum atomic E-state index is -0.404. The molecule has 6 heteroatoms. The number of carbonyl (C=O) groups is 2. The van der Waals surface area contributed by atoms with Crippen molar-refractivity contribution < 1.29 is 14.3 Å². The fourth-order valence-electron chi connectivity index (χ4n) is 2.21. The zero-order chi connectivity index (χ0) is 15.2. The molecule has 1 fully saturated rings. The molecule has 114 valence electrons. The topological polar surface area (TPSA) is 93.5 Å². The second kappa shape index (κ2) is 7.19. The standard InChI is InChI=1S/C15H21N3O3/c1-10-4-5-11(12(9-10)17-14(19)6-7-16)18-15(20)13-3-2-8-21-13/h4-5,9,13H,2-3,6-8,16H2,1H3,(H,17,19)(H,18,20). The van der Waals surface area contributed by atoms with Crippen molar-refractivity contribution in [3.8, 4) is 0 Å². The van der Waals surface area contributed by atoms with E-state index in [1.165, 1.54) is 0 Å². The van der Waals surface area contributed by atoms with Crippen LogP contribution in [0.5, 0.6) is 0 Å². The van der Waals surface area contributed by atoms with Gasteiger partial charge in [0.05, 0.1) is 11.4 Å². The Labute approximate surface area is 124 Å². The number of hydrogen-bond donors (Lipinski definition) is 3. The lowest BCUT2D eigenvalue weighted by Gasteiger charge is -2.15. The first-order valence-corrected chi connectivity index (χ1v) is 7.13. The summed E-state index contributed by atoms with van der Waals surface area (Å²) in [7, 11) is 0. The van der Waals surface area contributed by atoms with Crippen LogP contribution in [-0.2, 0) is 14.3 Å². The molecule has 1 aliphatic rings. The fourth-order valence-corrected chi connectivity index (χ4v) is 2.21. The number of benzene rings is 1. The number of hydrogen-bond acceptors (Lipinski definition) is 4. The van der Waals surface area contributed by atoms with Crippen LogP contribution in [0.3, 0.4) is 0 Å². The van der Waals surface area contributed by atoms with E-state index < -0.39 is 6.10 Å². The molecule has 1 atom stereocenters. The van der Waals surface area contributed by atoms with Gasteiger partial charge in [0.15, 0.2) is 0 Å². The summed E-state index contributed by atoms with van der Waals surface area (Å²) in [6.07, 6.45) is 1.46. The Hall–Kier alpha value is -1.92. The maximum atomic E-state index is 12.1. The van der Waals surface area contributed by atoms with E-state index in [1.807, 2.05) is 19.1 Å². The quantitative estimate of drug-likeness (QED) is 0.764. The summed E-state index contributed by atoms with van der Waals surface area (Å²) in [5.41, 5.74) is 7.52. The maximum Gasteiger partial charge on any atom is 0.253 e. The first-order valence-electron chi connectivity index (χ1n) is 7.13. The minimum Gasteiger partial charge on any atom is -0.368 e. The van der Waals surface area contributed by atoms with Crippen LogP contribution in [-0.4, -0.2) is 31.1 Å². The number of ether oxygens (including phenoxy) is 1. The molecule has 2 amide bonds. The molecule has 0 aromatic heterocycles. The number of aryl methyl sites for hydroxylation is 1. The summed E-state index contributed by atoms with van der Waals surface area (Å²) in [5.74, 6) is -0.346. The van der Waals surface area contributed by atoms with E-state index >= 15 is 0 Å². The molecular weight excluding hydrogens is 270 g/mol. The van der Waals surface area contributed by atoms with Gasteiger partial charge in [0, 0.05) is 19.6 Å². The van der Waals surface area contributed by atoms with Crippen molar-refractivity contribution in [3.05, 3.63) is 23.8 Å².